The van der Waals surface area contributed by atoms with E-state index >= 15 is 0 Å². The normalized spacial score (nSPS) is 13.1. The summed E-state index contributed by atoms with van der Waals surface area (Å²) < 4.78 is 0.191. The molecule has 21 heavy (non-hydrogen) atoms. The van der Waals surface area contributed by atoms with Crippen molar-refractivity contribution < 1.29 is 14.9 Å². The maximum absolute atomic E-state index is 9.78. The van der Waals surface area contributed by atoms with E-state index in [1.165, 1.54) is 57.8 Å². The molecule has 0 bridgehead atoms. The lowest BCUT2D eigenvalue weighted by Crippen LogP contribution is -2.40. The molecule has 0 heterocycles. The Hall–Kier alpha value is -0.880. The molecular weight excluding hydrogens is 272 g/mol. The van der Waals surface area contributed by atoms with Crippen LogP contribution in [0, 0.1) is 15.3 Å². The molecule has 0 aromatic heterocycles. The first kappa shape index (κ1) is 22.4. The van der Waals surface area contributed by atoms with Gasteiger partial charge in [0.15, 0.2) is 0 Å². The highest BCUT2D eigenvalue weighted by Crippen LogP contribution is 2.11. The Kier molecular flexibility index (Phi) is 16.5. The minimum absolute atomic E-state index is 0.191. The Morgan fingerprint density at radius 2 is 1.19 bits per heavy atom. The van der Waals surface area contributed by atoms with Gasteiger partial charge in [0, 0.05) is 0 Å². The molecule has 6 heteroatoms. The molecule has 0 aliphatic rings. The molecule has 0 saturated heterocycles. The second-order valence-corrected chi connectivity index (χ2v) is 5.78. The summed E-state index contributed by atoms with van der Waals surface area (Å²) in [5.41, 5.74) is 0. The highest BCUT2D eigenvalue weighted by molar-refractivity contribution is 4.47. The molecule has 0 aromatic carbocycles. The zero-order chi connectivity index (χ0) is 16.6. The zero-order valence-corrected chi connectivity index (χ0v) is 14.1. The van der Waals surface area contributed by atoms with E-state index < -0.39 is 5.09 Å². The average Bonchev–Trinajstić information content (AvgIpc) is 2.40. The highest BCUT2D eigenvalue weighted by Gasteiger charge is 2.13. The summed E-state index contributed by atoms with van der Waals surface area (Å²) in [5.74, 6) is 0. The minimum Gasteiger partial charge on any atom is -0.356 e. The van der Waals surface area contributed by atoms with Crippen LogP contribution >= 0.6 is 0 Å². The van der Waals surface area contributed by atoms with E-state index in [9.17, 15) is 5.21 Å². The quantitative estimate of drug-likeness (QED) is 0.248. The molecule has 0 rings (SSSR count). The van der Waals surface area contributed by atoms with Gasteiger partial charge < -0.3 is 15.3 Å². The predicted molar refractivity (Wildman–Crippen MR) is 85.6 cm³/mol. The van der Waals surface area contributed by atoms with Gasteiger partial charge in [-0.05, 0) is 19.8 Å². The van der Waals surface area contributed by atoms with Crippen LogP contribution in [0.3, 0.4) is 0 Å². The second kappa shape index (κ2) is 15.5. The van der Waals surface area contributed by atoms with Gasteiger partial charge in [0.1, 0.15) is 13.1 Å². The van der Waals surface area contributed by atoms with Crippen molar-refractivity contribution in [2.24, 2.45) is 0 Å². The second-order valence-electron chi connectivity index (χ2n) is 5.78. The molecule has 0 saturated carbocycles. The summed E-state index contributed by atoms with van der Waals surface area (Å²) >= 11 is 0. The molecular formula is C15H34N2O4. The largest absolute Gasteiger partial charge is 0.356 e. The third-order valence-corrected chi connectivity index (χ3v) is 3.67. The molecule has 0 aliphatic heterocycles. The number of rotatable bonds is 12. The smallest absolute Gasteiger partial charge is 0.108 e. The first-order valence-electron chi connectivity index (χ1n) is 8.24. The molecule has 0 spiro atoms. The van der Waals surface area contributed by atoms with E-state index in [4.69, 9.17) is 15.3 Å². The number of hydroxylamine groups is 3. The van der Waals surface area contributed by atoms with Gasteiger partial charge in [-0.1, -0.05) is 58.3 Å². The Balaban J connectivity index is 0. The third kappa shape index (κ3) is 24.5. The number of hydrogen-bond acceptors (Lipinski definition) is 4. The molecule has 0 aromatic rings. The van der Waals surface area contributed by atoms with E-state index in [0.29, 0.717) is 0 Å². The first-order chi connectivity index (χ1) is 9.85. The van der Waals surface area contributed by atoms with Crippen molar-refractivity contribution in [2.45, 2.75) is 78.1 Å². The standard InChI is InChI=1S/C15H34NO.NO3/c1-4-6-7-8-9-10-11-12-13-14-15-16(3,17)5-2;2-1(3)4/h17H,4-15H2,1-3H3;/q+1;-1. The topological polar surface area (TPSA) is 86.4 Å². The van der Waals surface area contributed by atoms with Crippen molar-refractivity contribution >= 4 is 0 Å². The van der Waals surface area contributed by atoms with Gasteiger partial charge in [0.2, 0.25) is 0 Å². The van der Waals surface area contributed by atoms with E-state index in [1.54, 1.807) is 0 Å². The molecule has 0 aliphatic carbocycles. The molecule has 0 radical (unpaired) electrons. The Labute approximate surface area is 129 Å². The minimum atomic E-state index is -1.75. The molecule has 1 atom stereocenters. The molecule has 6 nitrogen and oxygen atoms in total. The highest BCUT2D eigenvalue weighted by atomic mass is 16.9. The van der Waals surface area contributed by atoms with E-state index in [-0.39, 0.29) is 4.65 Å². The molecule has 1 N–H and O–H groups in total. The Morgan fingerprint density at radius 1 is 0.857 bits per heavy atom. The van der Waals surface area contributed by atoms with Crippen LogP contribution in [-0.4, -0.2) is 35.1 Å². The third-order valence-electron chi connectivity index (χ3n) is 3.67. The van der Waals surface area contributed by atoms with Gasteiger partial charge in [-0.3, -0.25) is 0 Å². The van der Waals surface area contributed by atoms with Gasteiger partial charge in [-0.25, -0.2) is 5.21 Å². The summed E-state index contributed by atoms with van der Waals surface area (Å²) in [6, 6.07) is 0. The van der Waals surface area contributed by atoms with E-state index in [0.717, 1.165) is 19.5 Å². The Bertz CT molecular complexity index is 232. The number of quaternary nitrogens is 1. The summed E-state index contributed by atoms with van der Waals surface area (Å²) in [6.07, 6.45) is 13.6. The van der Waals surface area contributed by atoms with Crippen molar-refractivity contribution in [3.8, 4) is 0 Å². The zero-order valence-electron chi connectivity index (χ0n) is 14.1. The monoisotopic (exact) mass is 306 g/mol. The SMILES string of the molecule is CCCCCCCCCCCC[N+](C)(O)CC.O=[N+]([O-])[O-]. The molecule has 128 valence electrons. The first-order valence-corrected chi connectivity index (χ1v) is 8.24. The Morgan fingerprint density at radius 3 is 1.52 bits per heavy atom. The van der Waals surface area contributed by atoms with Crippen molar-refractivity contribution in [3.63, 3.8) is 0 Å². The van der Waals surface area contributed by atoms with Crippen molar-refractivity contribution in [1.82, 2.24) is 0 Å². The van der Waals surface area contributed by atoms with Gasteiger partial charge in [-0.2, -0.15) is 4.65 Å². The lowest BCUT2D eigenvalue weighted by atomic mass is 10.1. The van der Waals surface area contributed by atoms with Crippen LogP contribution in [0.15, 0.2) is 0 Å². The number of unbranched alkanes of at least 4 members (excludes halogenated alkanes) is 9. The fourth-order valence-electron chi connectivity index (χ4n) is 2.10. The van der Waals surface area contributed by atoms with Crippen LogP contribution in [0.4, 0.5) is 0 Å². The van der Waals surface area contributed by atoms with Crippen molar-refractivity contribution in [2.75, 3.05) is 20.1 Å². The van der Waals surface area contributed by atoms with Gasteiger partial charge in [0.25, 0.3) is 0 Å². The number of nitrogens with zero attached hydrogens (tertiary/aromatic N) is 2. The molecule has 0 amide bonds. The maximum atomic E-state index is 9.78. The molecule has 1 unspecified atom stereocenters. The average molecular weight is 306 g/mol. The lowest BCUT2D eigenvalue weighted by molar-refractivity contribution is -1.09. The van der Waals surface area contributed by atoms with Crippen LogP contribution in [0.25, 0.3) is 0 Å². The van der Waals surface area contributed by atoms with Crippen molar-refractivity contribution in [3.05, 3.63) is 15.3 Å². The van der Waals surface area contributed by atoms with Gasteiger partial charge in [-0.15, -0.1) is 0 Å². The van der Waals surface area contributed by atoms with Crippen LogP contribution in [0.5, 0.6) is 0 Å². The van der Waals surface area contributed by atoms with E-state index in [2.05, 4.69) is 6.92 Å². The molecule has 0 fully saturated rings. The summed E-state index contributed by atoms with van der Waals surface area (Å²) in [4.78, 5) is 8.25. The predicted octanol–water partition coefficient (Wildman–Crippen LogP) is 4.52. The fourth-order valence-corrected chi connectivity index (χ4v) is 2.10. The van der Waals surface area contributed by atoms with Crippen LogP contribution in [0.1, 0.15) is 78.1 Å². The number of hydrogen-bond donors (Lipinski definition) is 1. The summed E-state index contributed by atoms with van der Waals surface area (Å²) in [7, 11) is 1.90. The maximum Gasteiger partial charge on any atom is 0.108 e. The lowest BCUT2D eigenvalue weighted by Gasteiger charge is -2.23. The van der Waals surface area contributed by atoms with Crippen LogP contribution < -0.4 is 0 Å². The van der Waals surface area contributed by atoms with E-state index in [1.807, 2.05) is 14.0 Å². The van der Waals surface area contributed by atoms with Crippen molar-refractivity contribution in [1.29, 1.82) is 0 Å². The van der Waals surface area contributed by atoms with Gasteiger partial charge in [0.05, 0.1) is 12.1 Å². The summed E-state index contributed by atoms with van der Waals surface area (Å²) in [6.45, 7) is 6.03. The summed E-state index contributed by atoms with van der Waals surface area (Å²) in [5, 5.41) is 24.5. The van der Waals surface area contributed by atoms with Crippen LogP contribution in [-0.2, 0) is 0 Å². The van der Waals surface area contributed by atoms with Crippen LogP contribution in [0.2, 0.25) is 0 Å². The fraction of sp³-hybridized carbons (Fsp3) is 1.00. The van der Waals surface area contributed by atoms with Gasteiger partial charge >= 0.3 is 0 Å².